The molecule has 6 nitrogen and oxygen atoms in total. The van der Waals surface area contributed by atoms with Gasteiger partial charge in [0.1, 0.15) is 0 Å². The third kappa shape index (κ3) is 25.8. The number of hydrogen-bond acceptors (Lipinski definition) is 6. The van der Waals surface area contributed by atoms with Gasteiger partial charge in [-0.05, 0) is 46.3 Å². The normalized spacial score (nSPS) is 11.6. The number of carbonyl (C=O) groups excluding carboxylic acids is 1. The van der Waals surface area contributed by atoms with E-state index in [4.69, 9.17) is 14.2 Å². The van der Waals surface area contributed by atoms with Crippen LogP contribution in [0.25, 0.3) is 0 Å². The summed E-state index contributed by atoms with van der Waals surface area (Å²) in [5.74, 6) is -0.103. The molecule has 0 atom stereocenters. The van der Waals surface area contributed by atoms with Gasteiger partial charge in [0, 0.05) is 39.1 Å². The summed E-state index contributed by atoms with van der Waals surface area (Å²) in [6.07, 6.45) is 16.1. The summed E-state index contributed by atoms with van der Waals surface area (Å²) < 4.78 is 17.4. The van der Waals surface area contributed by atoms with E-state index in [9.17, 15) is 4.79 Å². The fraction of sp³-hybridized carbons (Fsp3) is 0.963. The molecule has 0 spiro atoms. The Kier molecular flexibility index (Phi) is 25.4. The molecule has 0 aliphatic rings. The highest BCUT2D eigenvalue weighted by Gasteiger charge is 2.11. The van der Waals surface area contributed by atoms with Gasteiger partial charge in [-0.2, -0.15) is 0 Å². The van der Waals surface area contributed by atoms with E-state index in [2.05, 4.69) is 38.2 Å². The molecule has 6 heteroatoms. The standard InChI is InChI=1S/C27H56N2O4/c1-5-7-9-11-16-23-32-27(33-24-17-12-10-8-6-2)19-25-31-26(30)18-14-13-15-20-28-21-22-29(3)4/h27-28H,5-25H2,1-4H3. The van der Waals surface area contributed by atoms with Crippen LogP contribution in [0.5, 0.6) is 0 Å². The molecule has 198 valence electrons. The summed E-state index contributed by atoms with van der Waals surface area (Å²) in [4.78, 5) is 14.2. The van der Waals surface area contributed by atoms with Crippen LogP contribution in [0, 0.1) is 0 Å². The van der Waals surface area contributed by atoms with Crippen molar-refractivity contribution in [2.45, 2.75) is 116 Å². The summed E-state index contributed by atoms with van der Waals surface area (Å²) in [5.41, 5.74) is 0. The molecule has 0 aromatic heterocycles. The minimum Gasteiger partial charge on any atom is -0.465 e. The average molecular weight is 473 g/mol. The summed E-state index contributed by atoms with van der Waals surface area (Å²) >= 11 is 0. The van der Waals surface area contributed by atoms with Crippen molar-refractivity contribution in [3.05, 3.63) is 0 Å². The molecule has 0 bridgehead atoms. The fourth-order valence-electron chi connectivity index (χ4n) is 3.52. The van der Waals surface area contributed by atoms with Crippen molar-refractivity contribution in [3.63, 3.8) is 0 Å². The van der Waals surface area contributed by atoms with Crippen molar-refractivity contribution in [3.8, 4) is 0 Å². The zero-order chi connectivity index (χ0) is 24.4. The lowest BCUT2D eigenvalue weighted by Gasteiger charge is -2.19. The van der Waals surface area contributed by atoms with Gasteiger partial charge in [0.05, 0.1) is 6.61 Å². The van der Waals surface area contributed by atoms with Crippen molar-refractivity contribution in [2.24, 2.45) is 0 Å². The van der Waals surface area contributed by atoms with Crippen molar-refractivity contribution < 1.29 is 19.0 Å². The lowest BCUT2D eigenvalue weighted by Crippen LogP contribution is -2.27. The number of nitrogens with one attached hydrogen (secondary N) is 1. The maximum Gasteiger partial charge on any atom is 0.305 e. The van der Waals surface area contributed by atoms with Crippen LogP contribution in [-0.4, -0.2) is 70.7 Å². The molecule has 0 aromatic carbocycles. The third-order valence-corrected chi connectivity index (χ3v) is 5.69. The van der Waals surface area contributed by atoms with Crippen LogP contribution in [0.4, 0.5) is 0 Å². The number of nitrogens with zero attached hydrogens (tertiary/aromatic N) is 1. The first-order valence-corrected chi connectivity index (χ1v) is 13.8. The van der Waals surface area contributed by atoms with Gasteiger partial charge in [-0.1, -0.05) is 71.6 Å². The molecular weight excluding hydrogens is 416 g/mol. The van der Waals surface area contributed by atoms with Crippen LogP contribution in [-0.2, 0) is 19.0 Å². The summed E-state index contributed by atoms with van der Waals surface area (Å²) in [7, 11) is 4.16. The molecule has 0 heterocycles. The second kappa shape index (κ2) is 25.9. The van der Waals surface area contributed by atoms with Gasteiger partial charge < -0.3 is 24.4 Å². The smallest absolute Gasteiger partial charge is 0.305 e. The largest absolute Gasteiger partial charge is 0.465 e. The summed E-state index contributed by atoms with van der Waals surface area (Å²) in [6, 6.07) is 0. The van der Waals surface area contributed by atoms with E-state index >= 15 is 0 Å². The molecule has 0 unspecified atom stereocenters. The highest BCUT2D eigenvalue weighted by Crippen LogP contribution is 2.10. The van der Waals surface area contributed by atoms with Crippen molar-refractivity contribution in [2.75, 3.05) is 53.6 Å². The monoisotopic (exact) mass is 472 g/mol. The first-order chi connectivity index (χ1) is 16.1. The van der Waals surface area contributed by atoms with Crippen LogP contribution in [0.1, 0.15) is 110 Å². The zero-order valence-corrected chi connectivity index (χ0v) is 22.5. The van der Waals surface area contributed by atoms with E-state index in [-0.39, 0.29) is 12.3 Å². The van der Waals surface area contributed by atoms with E-state index in [0.29, 0.717) is 19.4 Å². The molecule has 0 saturated carbocycles. The van der Waals surface area contributed by atoms with Crippen LogP contribution in [0.3, 0.4) is 0 Å². The van der Waals surface area contributed by atoms with Gasteiger partial charge in [-0.25, -0.2) is 0 Å². The number of likely N-dealkylation sites (N-methyl/N-ethyl adjacent to an activating group) is 1. The molecule has 0 radical (unpaired) electrons. The molecule has 0 saturated heterocycles. The second-order valence-electron chi connectivity index (χ2n) is 9.37. The molecule has 0 amide bonds. The van der Waals surface area contributed by atoms with E-state index in [1.807, 2.05) is 0 Å². The maximum atomic E-state index is 12.0. The number of rotatable bonds is 26. The van der Waals surface area contributed by atoms with Gasteiger partial charge in [0.25, 0.3) is 0 Å². The number of ether oxygens (including phenoxy) is 3. The molecule has 0 rings (SSSR count). The number of carbonyl (C=O) groups is 1. The lowest BCUT2D eigenvalue weighted by atomic mass is 10.2. The van der Waals surface area contributed by atoms with Gasteiger partial charge in [0.2, 0.25) is 0 Å². The van der Waals surface area contributed by atoms with E-state index in [1.165, 1.54) is 51.4 Å². The van der Waals surface area contributed by atoms with Gasteiger partial charge in [-0.3, -0.25) is 4.79 Å². The lowest BCUT2D eigenvalue weighted by molar-refractivity contribution is -0.161. The highest BCUT2D eigenvalue weighted by molar-refractivity contribution is 5.69. The Morgan fingerprint density at radius 3 is 1.88 bits per heavy atom. The molecule has 0 fully saturated rings. The van der Waals surface area contributed by atoms with Crippen LogP contribution < -0.4 is 5.32 Å². The SMILES string of the molecule is CCCCCCCOC(CCOC(=O)CCCCCNCCN(C)C)OCCCCCCC. The Hall–Kier alpha value is -0.690. The Balaban J connectivity index is 3.89. The minimum atomic E-state index is -0.261. The van der Waals surface area contributed by atoms with Gasteiger partial charge >= 0.3 is 5.97 Å². The number of unbranched alkanes of at least 4 members (excludes halogenated alkanes) is 10. The molecule has 33 heavy (non-hydrogen) atoms. The molecule has 0 aliphatic heterocycles. The predicted molar refractivity (Wildman–Crippen MR) is 139 cm³/mol. The first kappa shape index (κ1) is 32.3. The second-order valence-corrected chi connectivity index (χ2v) is 9.37. The first-order valence-electron chi connectivity index (χ1n) is 13.8. The number of hydrogen-bond donors (Lipinski definition) is 1. The topological polar surface area (TPSA) is 60.0 Å². The minimum absolute atomic E-state index is 0.103. The highest BCUT2D eigenvalue weighted by atomic mass is 16.7. The average Bonchev–Trinajstić information content (AvgIpc) is 2.79. The fourth-order valence-corrected chi connectivity index (χ4v) is 3.52. The van der Waals surface area contributed by atoms with Crippen LogP contribution in [0.15, 0.2) is 0 Å². The zero-order valence-electron chi connectivity index (χ0n) is 22.5. The van der Waals surface area contributed by atoms with Gasteiger partial charge in [0.15, 0.2) is 6.29 Å². The van der Waals surface area contributed by atoms with Crippen LogP contribution >= 0.6 is 0 Å². The Bertz CT molecular complexity index is 392. The molecule has 0 aromatic rings. The Morgan fingerprint density at radius 1 is 0.727 bits per heavy atom. The van der Waals surface area contributed by atoms with E-state index in [1.54, 1.807) is 0 Å². The van der Waals surface area contributed by atoms with Crippen molar-refractivity contribution in [1.29, 1.82) is 0 Å². The quantitative estimate of drug-likeness (QED) is 0.0956. The summed E-state index contributed by atoms with van der Waals surface area (Å²) in [5, 5.41) is 3.43. The Labute approximate surface area is 205 Å². The summed E-state index contributed by atoms with van der Waals surface area (Å²) in [6.45, 7) is 9.36. The molecule has 1 N–H and O–H groups in total. The van der Waals surface area contributed by atoms with E-state index in [0.717, 1.165) is 65.0 Å². The van der Waals surface area contributed by atoms with Crippen LogP contribution in [0.2, 0.25) is 0 Å². The van der Waals surface area contributed by atoms with E-state index < -0.39 is 0 Å². The van der Waals surface area contributed by atoms with Crippen molar-refractivity contribution in [1.82, 2.24) is 10.2 Å². The van der Waals surface area contributed by atoms with Crippen molar-refractivity contribution >= 4 is 5.97 Å². The number of esters is 1. The predicted octanol–water partition coefficient (Wildman–Crippen LogP) is 5.93. The molecule has 0 aliphatic carbocycles. The molecular formula is C27H56N2O4. The Morgan fingerprint density at radius 2 is 1.30 bits per heavy atom. The maximum absolute atomic E-state index is 12.0. The van der Waals surface area contributed by atoms with Gasteiger partial charge in [-0.15, -0.1) is 0 Å². The third-order valence-electron chi connectivity index (χ3n) is 5.69.